The van der Waals surface area contributed by atoms with Gasteiger partial charge in [-0.1, -0.05) is 0 Å². The Bertz CT molecular complexity index is 468. The van der Waals surface area contributed by atoms with E-state index in [4.69, 9.17) is 9.47 Å². The maximum atomic E-state index is 12.7. The summed E-state index contributed by atoms with van der Waals surface area (Å²) < 4.78 is 59.2. The minimum atomic E-state index is -4.64. The lowest BCUT2D eigenvalue weighted by Crippen LogP contribution is -2.19. The molecule has 1 rings (SSSR count). The molecule has 0 aliphatic heterocycles. The van der Waals surface area contributed by atoms with Crippen LogP contribution in [0.3, 0.4) is 0 Å². The lowest BCUT2D eigenvalue weighted by molar-refractivity contribution is -0.140. The van der Waals surface area contributed by atoms with Crippen LogP contribution in [-0.2, 0) is 21.7 Å². The Morgan fingerprint density at radius 2 is 2.11 bits per heavy atom. The van der Waals surface area contributed by atoms with E-state index in [9.17, 15) is 17.4 Å². The summed E-state index contributed by atoms with van der Waals surface area (Å²) in [5, 5.41) is -0.215. The fraction of sp³-hybridized carbons (Fsp3) is 0.600. The molecule has 0 aromatic carbocycles. The molecule has 19 heavy (non-hydrogen) atoms. The number of rotatable bonds is 5. The molecule has 0 bridgehead atoms. The van der Waals surface area contributed by atoms with Gasteiger partial charge in [-0.15, -0.1) is 0 Å². The molecule has 0 aliphatic rings. The number of hydrogen-bond acceptors (Lipinski definition) is 5. The van der Waals surface area contributed by atoms with Crippen LogP contribution in [0.2, 0.25) is 0 Å². The molecule has 0 saturated heterocycles. The van der Waals surface area contributed by atoms with Crippen molar-refractivity contribution < 1.29 is 26.9 Å². The van der Waals surface area contributed by atoms with Gasteiger partial charge in [0.15, 0.2) is 0 Å². The molecule has 9 heteroatoms. The zero-order valence-electron chi connectivity index (χ0n) is 10.5. The highest BCUT2D eigenvalue weighted by Crippen LogP contribution is 2.34. The standard InChI is InChI=1S/C10H13F3N2O3S/c1-6(17-2)5-18-8-7(10(11,12)13)4-14-9(15-8)19(3)16/h4,6H,5H2,1-3H3. The van der Waals surface area contributed by atoms with Crippen molar-refractivity contribution in [2.75, 3.05) is 20.0 Å². The summed E-state index contributed by atoms with van der Waals surface area (Å²) >= 11 is 0. The molecular weight excluding hydrogens is 285 g/mol. The molecule has 0 spiro atoms. The Balaban J connectivity index is 3.08. The first-order valence-electron chi connectivity index (χ1n) is 5.19. The van der Waals surface area contributed by atoms with E-state index in [1.165, 1.54) is 13.4 Å². The topological polar surface area (TPSA) is 61.3 Å². The normalized spacial score (nSPS) is 15.1. The van der Waals surface area contributed by atoms with Crippen LogP contribution in [-0.4, -0.2) is 40.3 Å². The molecule has 2 atom stereocenters. The summed E-state index contributed by atoms with van der Waals surface area (Å²) in [5.41, 5.74) is -1.11. The smallest absolute Gasteiger partial charge is 0.423 e. The molecule has 0 N–H and O–H groups in total. The monoisotopic (exact) mass is 298 g/mol. The Hall–Kier alpha value is -1.22. The number of halogens is 3. The summed E-state index contributed by atoms with van der Waals surface area (Å²) in [6.07, 6.45) is -3.20. The number of alkyl halides is 3. The van der Waals surface area contributed by atoms with Gasteiger partial charge in [0.25, 0.3) is 0 Å². The lowest BCUT2D eigenvalue weighted by atomic mass is 10.3. The van der Waals surface area contributed by atoms with E-state index in [-0.39, 0.29) is 11.8 Å². The van der Waals surface area contributed by atoms with Crippen molar-refractivity contribution >= 4 is 10.8 Å². The van der Waals surface area contributed by atoms with Crippen LogP contribution in [0.1, 0.15) is 12.5 Å². The molecule has 0 fully saturated rings. The Morgan fingerprint density at radius 1 is 1.47 bits per heavy atom. The largest absolute Gasteiger partial charge is 0.474 e. The SMILES string of the molecule is COC(C)COc1nc(S(C)=O)ncc1C(F)(F)F. The van der Waals surface area contributed by atoms with Crippen LogP contribution in [0.5, 0.6) is 5.88 Å². The third kappa shape index (κ3) is 4.43. The fourth-order valence-electron chi connectivity index (χ4n) is 1.06. The van der Waals surface area contributed by atoms with E-state index < -0.39 is 34.5 Å². The first-order chi connectivity index (χ1) is 8.75. The van der Waals surface area contributed by atoms with E-state index in [0.29, 0.717) is 6.20 Å². The van der Waals surface area contributed by atoms with Gasteiger partial charge in [-0.05, 0) is 6.92 Å². The fourth-order valence-corrected chi connectivity index (χ4v) is 1.47. The van der Waals surface area contributed by atoms with Gasteiger partial charge >= 0.3 is 6.18 Å². The van der Waals surface area contributed by atoms with Crippen molar-refractivity contribution in [2.24, 2.45) is 0 Å². The molecule has 108 valence electrons. The van der Waals surface area contributed by atoms with E-state index >= 15 is 0 Å². The number of nitrogens with zero attached hydrogens (tertiary/aromatic N) is 2. The van der Waals surface area contributed by atoms with Gasteiger partial charge in [0.05, 0.1) is 16.9 Å². The van der Waals surface area contributed by atoms with E-state index in [2.05, 4.69) is 9.97 Å². The average molecular weight is 298 g/mol. The van der Waals surface area contributed by atoms with E-state index in [1.54, 1.807) is 6.92 Å². The maximum absolute atomic E-state index is 12.7. The second-order valence-corrected chi connectivity index (χ2v) is 4.95. The summed E-state index contributed by atoms with van der Waals surface area (Å²) in [6.45, 7) is 1.53. The van der Waals surface area contributed by atoms with Gasteiger partial charge in [-0.25, -0.2) is 4.98 Å². The third-order valence-corrected chi connectivity index (χ3v) is 2.86. The van der Waals surface area contributed by atoms with Gasteiger partial charge < -0.3 is 9.47 Å². The van der Waals surface area contributed by atoms with Gasteiger partial charge in [0.2, 0.25) is 11.0 Å². The second kappa shape index (κ2) is 6.29. The van der Waals surface area contributed by atoms with Crippen LogP contribution in [0.4, 0.5) is 13.2 Å². The van der Waals surface area contributed by atoms with Crippen LogP contribution in [0.25, 0.3) is 0 Å². The molecule has 0 radical (unpaired) electrons. The molecule has 0 amide bonds. The number of ether oxygens (including phenoxy) is 2. The maximum Gasteiger partial charge on any atom is 0.423 e. The Morgan fingerprint density at radius 3 is 2.58 bits per heavy atom. The molecular formula is C10H13F3N2O3S. The first-order valence-corrected chi connectivity index (χ1v) is 6.74. The highest BCUT2D eigenvalue weighted by Gasteiger charge is 2.36. The van der Waals surface area contributed by atoms with Gasteiger partial charge in [-0.2, -0.15) is 18.2 Å². The molecule has 5 nitrogen and oxygen atoms in total. The first kappa shape index (κ1) is 15.8. The quantitative estimate of drug-likeness (QED) is 0.773. The van der Waals surface area contributed by atoms with Crippen LogP contribution >= 0.6 is 0 Å². The molecule has 2 unspecified atom stereocenters. The van der Waals surface area contributed by atoms with Crippen molar-refractivity contribution in [1.82, 2.24) is 9.97 Å². The second-order valence-electron chi connectivity index (χ2n) is 3.68. The van der Waals surface area contributed by atoms with E-state index in [0.717, 1.165) is 0 Å². The van der Waals surface area contributed by atoms with Crippen molar-refractivity contribution in [2.45, 2.75) is 24.4 Å². The molecule has 0 aliphatic carbocycles. The third-order valence-electron chi connectivity index (χ3n) is 2.15. The van der Waals surface area contributed by atoms with E-state index in [1.807, 2.05) is 0 Å². The Labute approximate surface area is 110 Å². The van der Waals surface area contributed by atoms with Crippen molar-refractivity contribution in [3.8, 4) is 5.88 Å². The minimum Gasteiger partial charge on any atom is -0.474 e. The summed E-state index contributed by atoms with van der Waals surface area (Å²) in [6, 6.07) is 0. The highest BCUT2D eigenvalue weighted by molar-refractivity contribution is 7.84. The lowest BCUT2D eigenvalue weighted by Gasteiger charge is -2.15. The van der Waals surface area contributed by atoms with Gasteiger partial charge in [0, 0.05) is 19.6 Å². The van der Waals surface area contributed by atoms with Gasteiger partial charge in [-0.3, -0.25) is 4.21 Å². The van der Waals surface area contributed by atoms with Crippen molar-refractivity contribution in [3.63, 3.8) is 0 Å². The Kier molecular flexibility index (Phi) is 5.24. The van der Waals surface area contributed by atoms with Crippen LogP contribution in [0, 0.1) is 0 Å². The van der Waals surface area contributed by atoms with Crippen molar-refractivity contribution in [3.05, 3.63) is 11.8 Å². The highest BCUT2D eigenvalue weighted by atomic mass is 32.2. The summed E-state index contributed by atoms with van der Waals surface area (Å²) in [4.78, 5) is 6.95. The number of methoxy groups -OCH3 is 1. The minimum absolute atomic E-state index is 0.105. The zero-order valence-corrected chi connectivity index (χ0v) is 11.3. The van der Waals surface area contributed by atoms with Crippen LogP contribution in [0.15, 0.2) is 11.4 Å². The predicted octanol–water partition coefficient (Wildman–Crippen LogP) is 1.65. The summed E-state index contributed by atoms with van der Waals surface area (Å²) in [7, 11) is -0.183. The summed E-state index contributed by atoms with van der Waals surface area (Å²) in [5.74, 6) is -0.642. The number of aromatic nitrogens is 2. The molecule has 0 saturated carbocycles. The van der Waals surface area contributed by atoms with Crippen molar-refractivity contribution in [1.29, 1.82) is 0 Å². The van der Waals surface area contributed by atoms with Crippen LogP contribution < -0.4 is 4.74 Å². The molecule has 1 heterocycles. The van der Waals surface area contributed by atoms with Gasteiger partial charge in [0.1, 0.15) is 12.2 Å². The predicted molar refractivity (Wildman–Crippen MR) is 61.3 cm³/mol. The molecule has 1 aromatic rings. The average Bonchev–Trinajstić information content (AvgIpc) is 2.34. The molecule has 1 aromatic heterocycles. The zero-order chi connectivity index (χ0) is 14.6. The number of hydrogen-bond donors (Lipinski definition) is 0.